The maximum Gasteiger partial charge on any atom is 0.192 e. The second-order valence-corrected chi connectivity index (χ2v) is 13.5. The summed E-state index contributed by atoms with van der Waals surface area (Å²) in [4.78, 5) is 2.37. The van der Waals surface area contributed by atoms with Gasteiger partial charge in [0.25, 0.3) is 0 Å². The van der Waals surface area contributed by atoms with Crippen molar-refractivity contribution in [2.24, 2.45) is 0 Å². The van der Waals surface area contributed by atoms with Gasteiger partial charge in [-0.3, -0.25) is 10.2 Å². The Hall–Kier alpha value is -1.26. The first-order chi connectivity index (χ1) is 12.1. The highest BCUT2D eigenvalue weighted by molar-refractivity contribution is 6.74. The minimum absolute atomic E-state index is 0.0775. The maximum absolute atomic E-state index is 13.9. The van der Waals surface area contributed by atoms with Crippen LogP contribution in [0.3, 0.4) is 0 Å². The van der Waals surface area contributed by atoms with Gasteiger partial charge in [-0.25, -0.2) is 4.39 Å². The molecule has 0 aromatic heterocycles. The van der Waals surface area contributed by atoms with E-state index in [4.69, 9.17) is 4.43 Å². The van der Waals surface area contributed by atoms with Crippen LogP contribution >= 0.6 is 0 Å². The second-order valence-electron chi connectivity index (χ2n) is 8.66. The Labute approximate surface area is 158 Å². The largest absolute Gasteiger partial charge is 0.413 e. The van der Waals surface area contributed by atoms with E-state index in [-0.39, 0.29) is 10.6 Å². The zero-order chi connectivity index (χ0) is 19.6. The van der Waals surface area contributed by atoms with E-state index in [1.165, 1.54) is 6.07 Å². The summed E-state index contributed by atoms with van der Waals surface area (Å²) in [5, 5.41) is 12.8. The van der Waals surface area contributed by atoms with Gasteiger partial charge in [-0.05, 0) is 55.7 Å². The van der Waals surface area contributed by atoms with E-state index in [0.29, 0.717) is 6.61 Å². The molecule has 1 aliphatic heterocycles. The first-order valence-corrected chi connectivity index (χ1v) is 12.3. The first-order valence-electron chi connectivity index (χ1n) is 9.35. The van der Waals surface area contributed by atoms with Crippen LogP contribution in [0.15, 0.2) is 18.2 Å². The van der Waals surface area contributed by atoms with E-state index >= 15 is 0 Å². The molecular weight excluding hydrogens is 345 g/mol. The summed E-state index contributed by atoms with van der Waals surface area (Å²) in [6.45, 7) is 13.6. The van der Waals surface area contributed by atoms with Crippen molar-refractivity contribution < 1.29 is 8.82 Å². The maximum atomic E-state index is 13.9. The van der Waals surface area contributed by atoms with Crippen molar-refractivity contribution in [1.82, 2.24) is 10.2 Å². The summed E-state index contributed by atoms with van der Waals surface area (Å²) < 4.78 is 20.5. The summed E-state index contributed by atoms with van der Waals surface area (Å²) in [6, 6.07) is 6.80. The Bertz CT molecular complexity index is 675. The fraction of sp³-hybridized carbons (Fsp3) is 0.650. The van der Waals surface area contributed by atoms with Crippen LogP contribution in [0, 0.1) is 17.1 Å². The molecule has 0 saturated carbocycles. The first kappa shape index (κ1) is 21.0. The van der Waals surface area contributed by atoms with Gasteiger partial charge in [-0.15, -0.1) is 0 Å². The van der Waals surface area contributed by atoms with Crippen molar-refractivity contribution in [2.75, 3.05) is 26.7 Å². The summed E-state index contributed by atoms with van der Waals surface area (Å²) in [5.74, 6) is -0.479. The molecule has 1 atom stereocenters. The third-order valence-corrected chi connectivity index (χ3v) is 10.6. The number of benzene rings is 1. The quantitative estimate of drug-likeness (QED) is 0.755. The minimum atomic E-state index is -1.95. The van der Waals surface area contributed by atoms with Crippen molar-refractivity contribution in [3.8, 4) is 6.07 Å². The summed E-state index contributed by atoms with van der Waals surface area (Å²) in [5.41, 5.74) is 0.415. The van der Waals surface area contributed by atoms with E-state index in [0.717, 1.165) is 31.5 Å². The molecule has 144 valence electrons. The normalized spacial score (nSPS) is 18.5. The summed E-state index contributed by atoms with van der Waals surface area (Å²) in [7, 11) is -0.0340. The Morgan fingerprint density at radius 3 is 2.38 bits per heavy atom. The fourth-order valence-electron chi connectivity index (χ4n) is 3.20. The van der Waals surface area contributed by atoms with Crippen molar-refractivity contribution in [3.63, 3.8) is 0 Å². The highest BCUT2D eigenvalue weighted by Crippen LogP contribution is 2.39. The molecule has 1 aromatic rings. The molecule has 1 aromatic carbocycles. The van der Waals surface area contributed by atoms with Crippen LogP contribution in [0.4, 0.5) is 4.39 Å². The van der Waals surface area contributed by atoms with E-state index in [1.807, 2.05) is 13.1 Å². The molecule has 1 saturated heterocycles. The van der Waals surface area contributed by atoms with Crippen LogP contribution in [-0.4, -0.2) is 40.0 Å². The van der Waals surface area contributed by atoms with Crippen LogP contribution < -0.4 is 5.32 Å². The highest BCUT2D eigenvalue weighted by Gasteiger charge is 2.44. The SMILES string of the molecule is CN[C@@](CO[Si](C)(C)C(C)(C)C)(c1ccc(F)c(C#N)c1)N1CCCC1. The van der Waals surface area contributed by atoms with Gasteiger partial charge in [0.2, 0.25) is 0 Å². The van der Waals surface area contributed by atoms with Gasteiger partial charge in [0.05, 0.1) is 12.2 Å². The summed E-state index contributed by atoms with van der Waals surface area (Å²) in [6.07, 6.45) is 2.27. The van der Waals surface area contributed by atoms with Gasteiger partial charge in [0.1, 0.15) is 17.5 Å². The van der Waals surface area contributed by atoms with Gasteiger partial charge in [0.15, 0.2) is 8.32 Å². The number of likely N-dealkylation sites (tertiary alicyclic amines) is 1. The minimum Gasteiger partial charge on any atom is -0.413 e. The molecule has 1 fully saturated rings. The molecule has 0 spiro atoms. The molecule has 1 aliphatic rings. The van der Waals surface area contributed by atoms with Gasteiger partial charge >= 0.3 is 0 Å². The number of rotatable bonds is 6. The second kappa shape index (κ2) is 7.77. The van der Waals surface area contributed by atoms with Crippen molar-refractivity contribution in [3.05, 3.63) is 35.1 Å². The molecular formula is C20H32FN3OSi. The van der Waals surface area contributed by atoms with Gasteiger partial charge < -0.3 is 4.43 Å². The lowest BCUT2D eigenvalue weighted by atomic mass is 9.96. The summed E-state index contributed by atoms with van der Waals surface area (Å²) >= 11 is 0. The standard InChI is InChI=1S/C20H32FN3OSi/c1-19(2,3)26(5,6)25-15-20(23-4,24-11-7-8-12-24)17-9-10-18(21)16(13-17)14-22/h9-10,13,23H,7-8,11-12,15H2,1-6H3/t20-/m1/s1. The van der Waals surface area contributed by atoms with E-state index < -0.39 is 19.8 Å². The molecule has 0 amide bonds. The molecule has 4 nitrogen and oxygen atoms in total. The highest BCUT2D eigenvalue weighted by atomic mass is 28.4. The average molecular weight is 378 g/mol. The molecule has 0 unspecified atom stereocenters. The number of halogens is 1. The molecule has 1 heterocycles. The van der Waals surface area contributed by atoms with Crippen molar-refractivity contribution >= 4 is 8.32 Å². The third kappa shape index (κ3) is 4.01. The number of likely N-dealkylation sites (N-methyl/N-ethyl adjacent to an activating group) is 1. The Balaban J connectivity index is 2.44. The predicted molar refractivity (Wildman–Crippen MR) is 106 cm³/mol. The number of nitrogens with one attached hydrogen (secondary N) is 1. The van der Waals surface area contributed by atoms with Gasteiger partial charge in [-0.1, -0.05) is 26.8 Å². The molecule has 0 bridgehead atoms. The Kier molecular flexibility index (Phi) is 6.29. The lowest BCUT2D eigenvalue weighted by molar-refractivity contribution is 0.0257. The zero-order valence-corrected chi connectivity index (χ0v) is 17.9. The van der Waals surface area contributed by atoms with Crippen LogP contribution in [0.25, 0.3) is 0 Å². The predicted octanol–water partition coefficient (Wildman–Crippen LogP) is 4.19. The molecule has 0 aliphatic carbocycles. The van der Waals surface area contributed by atoms with Crippen LogP contribution in [0.5, 0.6) is 0 Å². The van der Waals surface area contributed by atoms with Gasteiger partial charge in [0, 0.05) is 13.1 Å². The van der Waals surface area contributed by atoms with Gasteiger partial charge in [-0.2, -0.15) is 5.26 Å². The smallest absolute Gasteiger partial charge is 0.192 e. The number of nitrogens with zero attached hydrogens (tertiary/aromatic N) is 2. The van der Waals surface area contributed by atoms with E-state index in [9.17, 15) is 9.65 Å². The number of hydrogen-bond donors (Lipinski definition) is 1. The lowest BCUT2D eigenvalue weighted by Crippen LogP contribution is -2.59. The zero-order valence-electron chi connectivity index (χ0n) is 16.9. The van der Waals surface area contributed by atoms with E-state index in [2.05, 4.69) is 44.1 Å². The van der Waals surface area contributed by atoms with E-state index in [1.54, 1.807) is 12.1 Å². The van der Waals surface area contributed by atoms with Crippen LogP contribution in [0.2, 0.25) is 18.1 Å². The number of hydrogen-bond acceptors (Lipinski definition) is 4. The monoisotopic (exact) mass is 377 g/mol. The topological polar surface area (TPSA) is 48.3 Å². The molecule has 2 rings (SSSR count). The van der Waals surface area contributed by atoms with Crippen LogP contribution in [-0.2, 0) is 10.1 Å². The molecule has 26 heavy (non-hydrogen) atoms. The van der Waals surface area contributed by atoms with Crippen molar-refractivity contribution in [1.29, 1.82) is 5.26 Å². The molecule has 6 heteroatoms. The van der Waals surface area contributed by atoms with Crippen molar-refractivity contribution in [2.45, 2.75) is 57.4 Å². The molecule has 0 radical (unpaired) electrons. The lowest BCUT2D eigenvalue weighted by Gasteiger charge is -2.46. The Morgan fingerprint density at radius 1 is 1.27 bits per heavy atom. The average Bonchev–Trinajstić information content (AvgIpc) is 3.11. The Morgan fingerprint density at radius 2 is 1.88 bits per heavy atom. The molecule has 1 N–H and O–H groups in total. The number of nitriles is 1. The fourth-order valence-corrected chi connectivity index (χ4v) is 4.20. The van der Waals surface area contributed by atoms with Crippen LogP contribution in [0.1, 0.15) is 44.7 Å². The third-order valence-electron chi connectivity index (χ3n) is 6.07.